The van der Waals surface area contributed by atoms with Crippen molar-refractivity contribution >= 4 is 34.6 Å². The molecule has 39 heavy (non-hydrogen) atoms. The molecule has 0 radical (unpaired) electrons. The standard InChI is InChI=1S/C31H33ClN2O5/c1-31(2,29(30(36)37)38-18-8-9-22-14-16-24(32)17-15-22)20-39-28(35)19-27(23-10-4-3-5-11-23)34-21-33-25-12-6-7-13-26(25)34/h3-7,10-17,21,27,29H,8-9,18-20H2,1-2H3,(H,36,37). The molecule has 4 aromatic rings. The molecule has 0 saturated heterocycles. The van der Waals surface area contributed by atoms with E-state index in [9.17, 15) is 14.7 Å². The number of benzene rings is 3. The number of carbonyl (C=O) groups is 2. The van der Waals surface area contributed by atoms with Crippen LogP contribution in [0.15, 0.2) is 85.2 Å². The molecule has 1 heterocycles. The molecule has 2 atom stereocenters. The lowest BCUT2D eigenvalue weighted by molar-refractivity contribution is -0.167. The van der Waals surface area contributed by atoms with E-state index in [1.54, 1.807) is 20.2 Å². The van der Waals surface area contributed by atoms with Crippen LogP contribution in [0.5, 0.6) is 0 Å². The first kappa shape index (κ1) is 28.3. The number of halogens is 1. The first-order chi connectivity index (χ1) is 18.7. The van der Waals surface area contributed by atoms with Gasteiger partial charge in [0, 0.05) is 17.0 Å². The smallest absolute Gasteiger partial charge is 0.333 e. The minimum atomic E-state index is -1.13. The van der Waals surface area contributed by atoms with Gasteiger partial charge in [0.2, 0.25) is 0 Å². The Bertz CT molecular complexity index is 1390. The van der Waals surface area contributed by atoms with Crippen LogP contribution < -0.4 is 0 Å². The van der Waals surface area contributed by atoms with E-state index in [1.165, 1.54) is 0 Å². The summed E-state index contributed by atoms with van der Waals surface area (Å²) in [7, 11) is 0. The number of esters is 1. The van der Waals surface area contributed by atoms with Crippen LogP contribution in [0.25, 0.3) is 11.0 Å². The number of carboxylic acids is 1. The third-order valence-corrected chi connectivity index (χ3v) is 6.96. The Labute approximate surface area is 233 Å². The van der Waals surface area contributed by atoms with Crippen LogP contribution in [0.3, 0.4) is 0 Å². The fourth-order valence-corrected chi connectivity index (χ4v) is 4.72. The van der Waals surface area contributed by atoms with Crippen molar-refractivity contribution in [2.75, 3.05) is 13.2 Å². The van der Waals surface area contributed by atoms with Crippen LogP contribution in [0.2, 0.25) is 5.02 Å². The second kappa shape index (κ2) is 12.9. The molecule has 1 aromatic heterocycles. The van der Waals surface area contributed by atoms with Crippen molar-refractivity contribution in [2.24, 2.45) is 5.41 Å². The van der Waals surface area contributed by atoms with E-state index in [2.05, 4.69) is 4.98 Å². The summed E-state index contributed by atoms with van der Waals surface area (Å²) >= 11 is 5.93. The van der Waals surface area contributed by atoms with Gasteiger partial charge in [0.1, 0.15) is 0 Å². The summed E-state index contributed by atoms with van der Waals surface area (Å²) in [4.78, 5) is 29.6. The monoisotopic (exact) mass is 548 g/mol. The van der Waals surface area contributed by atoms with E-state index in [0.717, 1.165) is 28.6 Å². The third-order valence-electron chi connectivity index (χ3n) is 6.71. The number of para-hydroxylation sites is 2. The molecule has 8 heteroatoms. The van der Waals surface area contributed by atoms with Gasteiger partial charge in [-0.15, -0.1) is 0 Å². The summed E-state index contributed by atoms with van der Waals surface area (Å²) in [6.07, 6.45) is 2.07. The maximum absolute atomic E-state index is 13.1. The van der Waals surface area contributed by atoms with Crippen molar-refractivity contribution in [2.45, 2.75) is 45.3 Å². The van der Waals surface area contributed by atoms with Gasteiger partial charge in [-0.1, -0.05) is 80.0 Å². The van der Waals surface area contributed by atoms with Crippen molar-refractivity contribution in [3.63, 3.8) is 0 Å². The summed E-state index contributed by atoms with van der Waals surface area (Å²) in [5.74, 6) is -1.52. The van der Waals surface area contributed by atoms with Crippen LogP contribution in [0.1, 0.15) is 43.9 Å². The summed E-state index contributed by atoms with van der Waals surface area (Å²) in [5, 5.41) is 10.5. The lowest BCUT2D eigenvalue weighted by Crippen LogP contribution is -2.42. The fourth-order valence-electron chi connectivity index (χ4n) is 4.60. The Morgan fingerprint density at radius 3 is 2.41 bits per heavy atom. The molecule has 0 aliphatic heterocycles. The van der Waals surface area contributed by atoms with Gasteiger partial charge in [0.25, 0.3) is 0 Å². The quantitative estimate of drug-likeness (QED) is 0.155. The van der Waals surface area contributed by atoms with Crippen LogP contribution in [0.4, 0.5) is 0 Å². The predicted molar refractivity (Wildman–Crippen MR) is 151 cm³/mol. The predicted octanol–water partition coefficient (Wildman–Crippen LogP) is 6.34. The van der Waals surface area contributed by atoms with Crippen molar-refractivity contribution in [3.8, 4) is 0 Å². The Morgan fingerprint density at radius 2 is 1.69 bits per heavy atom. The molecular weight excluding hydrogens is 516 g/mol. The number of aliphatic carboxylic acids is 1. The number of fused-ring (bicyclic) bond motifs is 1. The van der Waals surface area contributed by atoms with E-state index in [1.807, 2.05) is 83.4 Å². The van der Waals surface area contributed by atoms with E-state index < -0.39 is 23.5 Å². The average Bonchev–Trinajstić information content (AvgIpc) is 3.35. The van der Waals surface area contributed by atoms with Crippen LogP contribution >= 0.6 is 11.6 Å². The lowest BCUT2D eigenvalue weighted by Gasteiger charge is -2.31. The molecule has 3 aromatic carbocycles. The Morgan fingerprint density at radius 1 is 1.00 bits per heavy atom. The first-order valence-electron chi connectivity index (χ1n) is 13.0. The molecule has 0 spiro atoms. The molecule has 1 N–H and O–H groups in total. The highest BCUT2D eigenvalue weighted by Crippen LogP contribution is 2.29. The van der Waals surface area contributed by atoms with Gasteiger partial charge in [0.05, 0.1) is 36.4 Å². The fraction of sp³-hybridized carbons (Fsp3) is 0.323. The number of ether oxygens (including phenoxy) is 2. The zero-order valence-electron chi connectivity index (χ0n) is 22.1. The van der Waals surface area contributed by atoms with E-state index in [4.69, 9.17) is 21.1 Å². The number of carbonyl (C=O) groups excluding carboxylic acids is 1. The van der Waals surface area contributed by atoms with Crippen molar-refractivity contribution in [3.05, 3.63) is 101 Å². The molecule has 7 nitrogen and oxygen atoms in total. The van der Waals surface area contributed by atoms with Gasteiger partial charge in [-0.25, -0.2) is 9.78 Å². The largest absolute Gasteiger partial charge is 0.479 e. The molecular formula is C31H33ClN2O5. The highest BCUT2D eigenvalue weighted by atomic mass is 35.5. The highest BCUT2D eigenvalue weighted by Gasteiger charge is 2.38. The van der Waals surface area contributed by atoms with Gasteiger partial charge in [-0.3, -0.25) is 4.79 Å². The van der Waals surface area contributed by atoms with E-state index in [0.29, 0.717) is 11.4 Å². The number of aryl methyl sites for hydroxylation is 1. The number of nitrogens with zero attached hydrogens (tertiary/aromatic N) is 2. The number of aromatic nitrogens is 2. The van der Waals surface area contributed by atoms with Gasteiger partial charge in [0.15, 0.2) is 6.10 Å². The van der Waals surface area contributed by atoms with Gasteiger partial charge >= 0.3 is 11.9 Å². The average molecular weight is 549 g/mol. The number of imidazole rings is 1. The van der Waals surface area contributed by atoms with E-state index in [-0.39, 0.29) is 25.7 Å². The van der Waals surface area contributed by atoms with Crippen LogP contribution in [0, 0.1) is 5.41 Å². The molecule has 0 fully saturated rings. The summed E-state index contributed by atoms with van der Waals surface area (Å²) < 4.78 is 13.4. The minimum Gasteiger partial charge on any atom is -0.479 e. The van der Waals surface area contributed by atoms with Gasteiger partial charge in [-0.2, -0.15) is 0 Å². The van der Waals surface area contributed by atoms with Crippen molar-refractivity contribution in [1.82, 2.24) is 9.55 Å². The topological polar surface area (TPSA) is 90.7 Å². The van der Waals surface area contributed by atoms with E-state index >= 15 is 0 Å². The first-order valence-corrected chi connectivity index (χ1v) is 13.3. The Hall–Kier alpha value is -3.68. The molecule has 0 amide bonds. The Kier molecular flexibility index (Phi) is 9.38. The third kappa shape index (κ3) is 7.46. The highest BCUT2D eigenvalue weighted by molar-refractivity contribution is 6.30. The van der Waals surface area contributed by atoms with Crippen molar-refractivity contribution < 1.29 is 24.2 Å². The second-order valence-electron chi connectivity index (χ2n) is 10.2. The van der Waals surface area contributed by atoms with Gasteiger partial charge < -0.3 is 19.1 Å². The molecule has 0 aliphatic rings. The summed E-state index contributed by atoms with van der Waals surface area (Å²) in [5.41, 5.74) is 2.86. The lowest BCUT2D eigenvalue weighted by atomic mass is 9.87. The summed E-state index contributed by atoms with van der Waals surface area (Å²) in [6.45, 7) is 3.64. The SMILES string of the molecule is CC(C)(COC(=O)CC(c1ccccc1)n1cnc2ccccc21)C(OCCCc1ccc(Cl)cc1)C(=O)O. The molecule has 2 unspecified atom stereocenters. The number of carboxylic acid groups (broad SMARTS) is 1. The number of hydrogen-bond donors (Lipinski definition) is 1. The van der Waals surface area contributed by atoms with Crippen molar-refractivity contribution in [1.29, 1.82) is 0 Å². The number of rotatable bonds is 13. The molecule has 0 saturated carbocycles. The maximum atomic E-state index is 13.1. The minimum absolute atomic E-state index is 0.0696. The number of hydrogen-bond acceptors (Lipinski definition) is 5. The zero-order chi connectivity index (χ0) is 27.8. The normalized spacial score (nSPS) is 13.2. The van der Waals surface area contributed by atoms with Crippen LogP contribution in [-0.4, -0.2) is 45.9 Å². The molecule has 4 rings (SSSR count). The van der Waals surface area contributed by atoms with Crippen LogP contribution in [-0.2, 0) is 25.5 Å². The molecule has 0 bridgehead atoms. The maximum Gasteiger partial charge on any atom is 0.333 e. The Balaban J connectivity index is 1.37. The summed E-state index contributed by atoms with van der Waals surface area (Å²) in [6, 6.07) is 24.7. The molecule has 0 aliphatic carbocycles. The van der Waals surface area contributed by atoms with Gasteiger partial charge in [-0.05, 0) is 48.2 Å². The second-order valence-corrected chi connectivity index (χ2v) is 10.7. The zero-order valence-corrected chi connectivity index (χ0v) is 22.9. The molecule has 204 valence electrons.